The predicted octanol–water partition coefficient (Wildman–Crippen LogP) is 3.26. The number of H-pyrrole nitrogens is 1. The Balaban J connectivity index is 1.67. The Bertz CT molecular complexity index is 656. The molecule has 4 rings (SSSR count). The van der Waals surface area contributed by atoms with Gasteiger partial charge in [0.25, 0.3) is 0 Å². The molecule has 0 spiro atoms. The molecule has 2 aromatic heterocycles. The van der Waals surface area contributed by atoms with Crippen LogP contribution in [0.4, 0.5) is 0 Å². The van der Waals surface area contributed by atoms with Crippen LogP contribution in [-0.4, -0.2) is 41.0 Å². The summed E-state index contributed by atoms with van der Waals surface area (Å²) in [4.78, 5) is 10.9. The Kier molecular flexibility index (Phi) is 4.36. The zero-order valence-corrected chi connectivity index (χ0v) is 14.1. The number of aromatic nitrogens is 2. The van der Waals surface area contributed by atoms with E-state index in [1.165, 1.54) is 55.4 Å². The molecule has 0 unspecified atom stereocenters. The van der Waals surface area contributed by atoms with E-state index < -0.39 is 0 Å². The summed E-state index contributed by atoms with van der Waals surface area (Å²) in [7, 11) is 0. The Morgan fingerprint density at radius 2 is 2.26 bits per heavy atom. The summed E-state index contributed by atoms with van der Waals surface area (Å²) in [6, 6.07) is 4.31. The highest BCUT2D eigenvalue weighted by Crippen LogP contribution is 2.32. The third-order valence-corrected chi connectivity index (χ3v) is 5.54. The molecule has 124 valence electrons. The summed E-state index contributed by atoms with van der Waals surface area (Å²) < 4.78 is 0. The van der Waals surface area contributed by atoms with Crippen molar-refractivity contribution in [1.82, 2.24) is 20.2 Å². The number of rotatable bonds is 3. The summed E-state index contributed by atoms with van der Waals surface area (Å²) in [5.41, 5.74) is 3.99. The second-order valence-corrected chi connectivity index (χ2v) is 7.44. The van der Waals surface area contributed by atoms with E-state index in [0.717, 1.165) is 31.2 Å². The number of nitrogens with zero attached hydrogens (tertiary/aromatic N) is 2. The molecule has 2 fully saturated rings. The van der Waals surface area contributed by atoms with Crippen molar-refractivity contribution in [3.05, 3.63) is 29.6 Å². The smallest absolute Gasteiger partial charge is 0.137 e. The van der Waals surface area contributed by atoms with E-state index in [-0.39, 0.29) is 0 Å². The van der Waals surface area contributed by atoms with Crippen LogP contribution < -0.4 is 5.32 Å². The van der Waals surface area contributed by atoms with Gasteiger partial charge in [0.1, 0.15) is 5.65 Å². The maximum absolute atomic E-state index is 4.57. The first-order chi connectivity index (χ1) is 11.3. The first-order valence-corrected chi connectivity index (χ1v) is 9.20. The second kappa shape index (κ2) is 6.62. The van der Waals surface area contributed by atoms with Crippen LogP contribution >= 0.6 is 0 Å². The first-order valence-electron chi connectivity index (χ1n) is 9.20. The number of nitrogens with one attached hydrogen (secondary N) is 2. The molecule has 2 aliphatic heterocycles. The standard InChI is InChI=1S/C19H28N4/c1-14-5-4-10-23(12-14)13-17-16-7-3-9-21-19(16)22-18(17)15-6-2-8-20-11-15/h3,7,9,14-15,20H,2,4-6,8,10-13H2,1H3,(H,21,22)/t14-,15-/m0/s1. The van der Waals surface area contributed by atoms with E-state index in [1.807, 2.05) is 6.20 Å². The van der Waals surface area contributed by atoms with Crippen LogP contribution in [0, 0.1) is 5.92 Å². The van der Waals surface area contributed by atoms with Crippen molar-refractivity contribution in [2.45, 2.75) is 45.1 Å². The third kappa shape index (κ3) is 3.15. The molecule has 0 amide bonds. The van der Waals surface area contributed by atoms with Gasteiger partial charge in [-0.2, -0.15) is 0 Å². The van der Waals surface area contributed by atoms with Gasteiger partial charge in [-0.1, -0.05) is 6.92 Å². The number of likely N-dealkylation sites (tertiary alicyclic amines) is 1. The van der Waals surface area contributed by atoms with Gasteiger partial charge in [-0.15, -0.1) is 0 Å². The van der Waals surface area contributed by atoms with Crippen LogP contribution in [-0.2, 0) is 6.54 Å². The summed E-state index contributed by atoms with van der Waals surface area (Å²) in [5, 5.41) is 4.89. The first kappa shape index (κ1) is 15.2. The molecule has 0 bridgehead atoms. The molecule has 2 aliphatic rings. The second-order valence-electron chi connectivity index (χ2n) is 7.44. The summed E-state index contributed by atoms with van der Waals surface area (Å²) in [6.45, 7) is 8.18. The van der Waals surface area contributed by atoms with Gasteiger partial charge in [0.2, 0.25) is 0 Å². The summed E-state index contributed by atoms with van der Waals surface area (Å²) >= 11 is 0. The Hall–Kier alpha value is -1.39. The monoisotopic (exact) mass is 312 g/mol. The topological polar surface area (TPSA) is 44.0 Å². The molecule has 2 atom stereocenters. The van der Waals surface area contributed by atoms with Crippen LogP contribution in [0.1, 0.15) is 49.8 Å². The van der Waals surface area contributed by atoms with Gasteiger partial charge in [-0.25, -0.2) is 4.98 Å². The molecule has 0 radical (unpaired) electrons. The van der Waals surface area contributed by atoms with E-state index in [9.17, 15) is 0 Å². The van der Waals surface area contributed by atoms with Crippen LogP contribution in [0.15, 0.2) is 18.3 Å². The van der Waals surface area contributed by atoms with Gasteiger partial charge in [0, 0.05) is 42.8 Å². The van der Waals surface area contributed by atoms with Crippen LogP contribution in [0.5, 0.6) is 0 Å². The highest BCUT2D eigenvalue weighted by molar-refractivity contribution is 5.81. The van der Waals surface area contributed by atoms with Crippen LogP contribution in [0.3, 0.4) is 0 Å². The predicted molar refractivity (Wildman–Crippen MR) is 94.6 cm³/mol. The number of fused-ring (bicyclic) bond motifs is 1. The van der Waals surface area contributed by atoms with Crippen molar-refractivity contribution in [3.63, 3.8) is 0 Å². The van der Waals surface area contributed by atoms with Crippen molar-refractivity contribution in [3.8, 4) is 0 Å². The fourth-order valence-electron chi connectivity index (χ4n) is 4.37. The van der Waals surface area contributed by atoms with E-state index >= 15 is 0 Å². The summed E-state index contributed by atoms with van der Waals surface area (Å²) in [5.74, 6) is 1.43. The molecule has 2 saturated heterocycles. The average molecular weight is 312 g/mol. The van der Waals surface area contributed by atoms with Gasteiger partial charge in [-0.3, -0.25) is 4.90 Å². The molecule has 4 heterocycles. The van der Waals surface area contributed by atoms with Gasteiger partial charge in [0.05, 0.1) is 0 Å². The zero-order chi connectivity index (χ0) is 15.6. The lowest BCUT2D eigenvalue weighted by Gasteiger charge is -2.31. The fraction of sp³-hybridized carbons (Fsp3) is 0.632. The van der Waals surface area contributed by atoms with Crippen molar-refractivity contribution in [2.75, 3.05) is 26.2 Å². The van der Waals surface area contributed by atoms with Crippen molar-refractivity contribution in [1.29, 1.82) is 0 Å². The summed E-state index contributed by atoms with van der Waals surface area (Å²) in [6.07, 6.45) is 7.17. The minimum absolute atomic E-state index is 0.607. The lowest BCUT2D eigenvalue weighted by molar-refractivity contribution is 0.176. The molecule has 4 heteroatoms. The number of piperidine rings is 2. The van der Waals surface area contributed by atoms with Crippen LogP contribution in [0.2, 0.25) is 0 Å². The number of hydrogen-bond donors (Lipinski definition) is 2. The Labute approximate surface area is 138 Å². The maximum Gasteiger partial charge on any atom is 0.137 e. The normalized spacial score (nSPS) is 26.7. The van der Waals surface area contributed by atoms with E-state index in [4.69, 9.17) is 0 Å². The van der Waals surface area contributed by atoms with Crippen molar-refractivity contribution >= 4 is 11.0 Å². The lowest BCUT2D eigenvalue weighted by Crippen LogP contribution is -2.34. The molecule has 0 aromatic carbocycles. The molecule has 2 aromatic rings. The average Bonchev–Trinajstić information content (AvgIpc) is 2.95. The van der Waals surface area contributed by atoms with Crippen molar-refractivity contribution in [2.24, 2.45) is 5.92 Å². The SMILES string of the molecule is C[C@H]1CCCN(Cc2c([C@H]3CCCNC3)[nH]c3ncccc23)C1. The quantitative estimate of drug-likeness (QED) is 0.914. The van der Waals surface area contributed by atoms with Gasteiger partial charge < -0.3 is 10.3 Å². The molecular formula is C19H28N4. The Morgan fingerprint density at radius 1 is 1.30 bits per heavy atom. The largest absolute Gasteiger partial charge is 0.343 e. The number of aromatic amines is 1. The fourth-order valence-corrected chi connectivity index (χ4v) is 4.37. The van der Waals surface area contributed by atoms with Gasteiger partial charge in [0.15, 0.2) is 0 Å². The zero-order valence-electron chi connectivity index (χ0n) is 14.1. The molecular weight excluding hydrogens is 284 g/mol. The van der Waals surface area contributed by atoms with Crippen LogP contribution in [0.25, 0.3) is 11.0 Å². The number of pyridine rings is 1. The van der Waals surface area contributed by atoms with Gasteiger partial charge in [-0.05, 0) is 62.4 Å². The van der Waals surface area contributed by atoms with E-state index in [2.05, 4.69) is 39.2 Å². The Morgan fingerprint density at radius 3 is 3.09 bits per heavy atom. The minimum Gasteiger partial charge on any atom is -0.343 e. The minimum atomic E-state index is 0.607. The van der Waals surface area contributed by atoms with Gasteiger partial charge >= 0.3 is 0 Å². The number of hydrogen-bond acceptors (Lipinski definition) is 3. The van der Waals surface area contributed by atoms with Crippen molar-refractivity contribution < 1.29 is 0 Å². The molecule has 0 aliphatic carbocycles. The maximum atomic E-state index is 4.57. The third-order valence-electron chi connectivity index (χ3n) is 5.54. The van der Waals surface area contributed by atoms with E-state index in [0.29, 0.717) is 5.92 Å². The molecule has 23 heavy (non-hydrogen) atoms. The molecule has 2 N–H and O–H groups in total. The molecule has 4 nitrogen and oxygen atoms in total. The highest BCUT2D eigenvalue weighted by atomic mass is 15.1. The highest BCUT2D eigenvalue weighted by Gasteiger charge is 2.25. The lowest BCUT2D eigenvalue weighted by atomic mass is 9.92. The molecule has 0 saturated carbocycles. The van der Waals surface area contributed by atoms with E-state index in [1.54, 1.807) is 0 Å².